The van der Waals surface area contributed by atoms with Crippen molar-refractivity contribution in [3.8, 4) is 0 Å². The number of ether oxygens (including phenoxy) is 1. The zero-order chi connectivity index (χ0) is 19.6. The molecule has 0 saturated carbocycles. The Bertz CT molecular complexity index is 424. The molecule has 156 valence electrons. The molecule has 0 aliphatic carbocycles. The van der Waals surface area contributed by atoms with Gasteiger partial charge in [0.05, 0.1) is 0 Å². The third-order valence-corrected chi connectivity index (χ3v) is 5.43. The summed E-state index contributed by atoms with van der Waals surface area (Å²) in [5.41, 5.74) is 1.49. The van der Waals surface area contributed by atoms with E-state index in [-0.39, 0.29) is 4.75 Å². The second-order valence-electron chi connectivity index (χ2n) is 8.65. The van der Waals surface area contributed by atoms with Gasteiger partial charge in [-0.2, -0.15) is 12.6 Å². The molecule has 0 bridgehead atoms. The predicted molar refractivity (Wildman–Crippen MR) is 124 cm³/mol. The van der Waals surface area contributed by atoms with Gasteiger partial charge in [-0.05, 0) is 31.2 Å². The lowest BCUT2D eigenvalue weighted by Gasteiger charge is -2.16. The Kier molecular flexibility index (Phi) is 15.0. The minimum atomic E-state index is 0.0994. The van der Waals surface area contributed by atoms with Crippen LogP contribution in [0.1, 0.15) is 103 Å². The highest BCUT2D eigenvalue weighted by Gasteiger charge is 2.10. The summed E-state index contributed by atoms with van der Waals surface area (Å²) in [7, 11) is 0. The van der Waals surface area contributed by atoms with Crippen LogP contribution in [-0.2, 0) is 11.2 Å². The number of hydrogen-bond acceptors (Lipinski definition) is 2. The molecule has 0 amide bonds. The van der Waals surface area contributed by atoms with Crippen molar-refractivity contribution >= 4 is 12.6 Å². The van der Waals surface area contributed by atoms with Crippen LogP contribution in [0.25, 0.3) is 0 Å². The Morgan fingerprint density at radius 1 is 0.667 bits per heavy atom. The Morgan fingerprint density at radius 2 is 1.15 bits per heavy atom. The topological polar surface area (TPSA) is 9.23 Å². The molecule has 0 spiro atoms. The van der Waals surface area contributed by atoms with Crippen molar-refractivity contribution in [3.63, 3.8) is 0 Å². The molecule has 0 N–H and O–H groups in total. The summed E-state index contributed by atoms with van der Waals surface area (Å²) in [6, 6.07) is 10.9. The van der Waals surface area contributed by atoms with Crippen LogP contribution in [0.5, 0.6) is 0 Å². The molecule has 0 aliphatic heterocycles. The van der Waals surface area contributed by atoms with Crippen molar-refractivity contribution in [1.82, 2.24) is 0 Å². The second kappa shape index (κ2) is 16.5. The number of thiol groups is 1. The van der Waals surface area contributed by atoms with Gasteiger partial charge in [0, 0.05) is 18.0 Å². The molecule has 1 nitrogen and oxygen atoms in total. The van der Waals surface area contributed by atoms with E-state index < -0.39 is 0 Å². The molecular formula is C25H44OS. The van der Waals surface area contributed by atoms with Crippen molar-refractivity contribution in [2.24, 2.45) is 0 Å². The fourth-order valence-electron chi connectivity index (χ4n) is 3.37. The Morgan fingerprint density at radius 3 is 1.67 bits per heavy atom. The third-order valence-electron chi connectivity index (χ3n) is 5.21. The lowest BCUT2D eigenvalue weighted by molar-refractivity contribution is 0.123. The number of unbranched alkanes of at least 4 members (excludes halogenated alkanes) is 11. The smallest absolute Gasteiger partial charge is 0.0478 e. The summed E-state index contributed by atoms with van der Waals surface area (Å²) in [5.74, 6) is 0. The van der Waals surface area contributed by atoms with E-state index in [1.807, 2.05) is 0 Å². The normalized spacial score (nSPS) is 11.8. The minimum absolute atomic E-state index is 0.0994. The van der Waals surface area contributed by atoms with Gasteiger partial charge in [0.2, 0.25) is 0 Å². The van der Waals surface area contributed by atoms with Gasteiger partial charge in [0.25, 0.3) is 0 Å². The van der Waals surface area contributed by atoms with E-state index in [1.54, 1.807) is 0 Å². The first-order valence-corrected chi connectivity index (χ1v) is 11.9. The van der Waals surface area contributed by atoms with Crippen LogP contribution >= 0.6 is 12.6 Å². The molecule has 1 aromatic carbocycles. The van der Waals surface area contributed by atoms with E-state index in [0.29, 0.717) is 0 Å². The molecule has 0 aromatic heterocycles. The zero-order valence-corrected chi connectivity index (χ0v) is 19.0. The molecule has 0 aliphatic rings. The summed E-state index contributed by atoms with van der Waals surface area (Å²) in [6.07, 6.45) is 18.9. The van der Waals surface area contributed by atoms with Gasteiger partial charge in [0.15, 0.2) is 0 Å². The van der Waals surface area contributed by atoms with Gasteiger partial charge in [0.1, 0.15) is 0 Å². The highest BCUT2D eigenvalue weighted by Crippen LogP contribution is 2.17. The number of benzene rings is 1. The molecular weight excluding hydrogens is 348 g/mol. The second-order valence-corrected chi connectivity index (χ2v) is 9.86. The highest BCUT2D eigenvalue weighted by molar-refractivity contribution is 7.81. The molecule has 27 heavy (non-hydrogen) atoms. The van der Waals surface area contributed by atoms with Gasteiger partial charge < -0.3 is 4.74 Å². The maximum atomic E-state index is 5.69. The van der Waals surface area contributed by atoms with E-state index in [1.165, 1.54) is 89.0 Å². The van der Waals surface area contributed by atoms with Crippen LogP contribution in [0.2, 0.25) is 0 Å². The predicted octanol–water partition coefficient (Wildman–Crippen LogP) is 8.03. The van der Waals surface area contributed by atoms with Crippen molar-refractivity contribution in [1.29, 1.82) is 0 Å². The molecule has 1 aromatic rings. The van der Waals surface area contributed by atoms with Gasteiger partial charge in [-0.3, -0.25) is 0 Å². The van der Waals surface area contributed by atoms with Crippen LogP contribution in [-0.4, -0.2) is 18.0 Å². The molecule has 0 unspecified atom stereocenters. The summed E-state index contributed by atoms with van der Waals surface area (Å²) in [5, 5.41) is 0. The molecule has 0 heterocycles. The summed E-state index contributed by atoms with van der Waals surface area (Å²) in [6.45, 7) is 6.06. The first kappa shape index (κ1) is 24.6. The van der Waals surface area contributed by atoms with Crippen molar-refractivity contribution in [2.75, 3.05) is 13.2 Å². The van der Waals surface area contributed by atoms with Gasteiger partial charge in [-0.15, -0.1) is 0 Å². The summed E-state index contributed by atoms with van der Waals surface area (Å²) < 4.78 is 5.79. The average Bonchev–Trinajstić information content (AvgIpc) is 2.64. The van der Waals surface area contributed by atoms with E-state index in [4.69, 9.17) is 4.74 Å². The van der Waals surface area contributed by atoms with Crippen molar-refractivity contribution in [3.05, 3.63) is 35.9 Å². The SMILES string of the molecule is CC(C)(S)CCOCCCCCCCCCCCCCCc1ccccc1. The fourth-order valence-corrected chi connectivity index (χ4v) is 3.46. The molecule has 0 atom stereocenters. The van der Waals surface area contributed by atoms with Crippen LogP contribution in [0, 0.1) is 0 Å². The first-order valence-electron chi connectivity index (χ1n) is 11.4. The lowest BCUT2D eigenvalue weighted by atomic mass is 10.0. The van der Waals surface area contributed by atoms with E-state index in [2.05, 4.69) is 56.8 Å². The molecule has 0 saturated heterocycles. The number of hydrogen-bond donors (Lipinski definition) is 1. The Balaban J connectivity index is 1.71. The highest BCUT2D eigenvalue weighted by atomic mass is 32.1. The minimum Gasteiger partial charge on any atom is -0.381 e. The lowest BCUT2D eigenvalue weighted by Crippen LogP contribution is -2.14. The number of aryl methyl sites for hydroxylation is 1. The standard InChI is InChI=1S/C25H44OS/c1-25(2,27)21-23-26-22-17-12-10-8-6-4-3-5-7-9-11-14-18-24-19-15-13-16-20-24/h13,15-16,19-20,27H,3-12,14,17-18,21-23H2,1-2H3. The Labute approximate surface area is 175 Å². The largest absolute Gasteiger partial charge is 0.381 e. The van der Waals surface area contributed by atoms with Crippen molar-refractivity contribution < 1.29 is 4.74 Å². The van der Waals surface area contributed by atoms with Crippen LogP contribution < -0.4 is 0 Å². The molecule has 0 radical (unpaired) electrons. The quantitative estimate of drug-likeness (QED) is 0.196. The van der Waals surface area contributed by atoms with Crippen LogP contribution in [0.4, 0.5) is 0 Å². The molecule has 0 fully saturated rings. The monoisotopic (exact) mass is 392 g/mol. The summed E-state index contributed by atoms with van der Waals surface area (Å²) >= 11 is 4.52. The van der Waals surface area contributed by atoms with E-state index in [0.717, 1.165) is 19.6 Å². The summed E-state index contributed by atoms with van der Waals surface area (Å²) in [4.78, 5) is 0. The fraction of sp³-hybridized carbons (Fsp3) is 0.760. The molecule has 1 rings (SSSR count). The van der Waals surface area contributed by atoms with Gasteiger partial charge in [-0.1, -0.05) is 108 Å². The maximum absolute atomic E-state index is 5.69. The van der Waals surface area contributed by atoms with E-state index in [9.17, 15) is 0 Å². The first-order chi connectivity index (χ1) is 13.1. The maximum Gasteiger partial charge on any atom is 0.0478 e. The third kappa shape index (κ3) is 17.4. The average molecular weight is 393 g/mol. The van der Waals surface area contributed by atoms with Gasteiger partial charge in [-0.25, -0.2) is 0 Å². The van der Waals surface area contributed by atoms with Crippen LogP contribution in [0.15, 0.2) is 30.3 Å². The van der Waals surface area contributed by atoms with Crippen LogP contribution in [0.3, 0.4) is 0 Å². The number of rotatable bonds is 18. The van der Waals surface area contributed by atoms with Crippen molar-refractivity contribution in [2.45, 2.75) is 108 Å². The zero-order valence-electron chi connectivity index (χ0n) is 18.1. The van der Waals surface area contributed by atoms with Gasteiger partial charge >= 0.3 is 0 Å². The van der Waals surface area contributed by atoms with E-state index >= 15 is 0 Å². The molecule has 2 heteroatoms. The Hall–Kier alpha value is -0.470.